The number of hydrogen-bond acceptors (Lipinski definition) is 6. The van der Waals surface area contributed by atoms with Gasteiger partial charge in [0.25, 0.3) is 0 Å². The lowest BCUT2D eigenvalue weighted by Gasteiger charge is -2.39. The lowest BCUT2D eigenvalue weighted by Crippen LogP contribution is -2.46. The Labute approximate surface area is 197 Å². The summed E-state index contributed by atoms with van der Waals surface area (Å²) >= 11 is 0. The van der Waals surface area contributed by atoms with Crippen molar-refractivity contribution >= 4 is 11.8 Å². The molecule has 2 amide bonds. The molecule has 0 radical (unpaired) electrons. The molecule has 4 aliphatic rings. The van der Waals surface area contributed by atoms with Crippen LogP contribution in [-0.2, 0) is 9.59 Å². The van der Waals surface area contributed by atoms with Gasteiger partial charge in [-0.3, -0.25) is 14.5 Å². The number of carbonyl (C=O) groups excluding carboxylic acids is 2. The first-order valence-electron chi connectivity index (χ1n) is 13.1. The van der Waals surface area contributed by atoms with Crippen LogP contribution in [0.2, 0.25) is 0 Å². The third-order valence-electron chi connectivity index (χ3n) is 8.23. The topological polar surface area (TPSA) is 82.8 Å². The van der Waals surface area contributed by atoms with Gasteiger partial charge >= 0.3 is 0 Å². The van der Waals surface area contributed by atoms with Crippen LogP contribution in [0.15, 0.2) is 4.42 Å². The van der Waals surface area contributed by atoms with Crippen molar-refractivity contribution < 1.29 is 14.0 Å². The van der Waals surface area contributed by atoms with Crippen LogP contribution in [0.1, 0.15) is 95.4 Å². The van der Waals surface area contributed by atoms with Gasteiger partial charge < -0.3 is 14.2 Å². The standard InChI is InChI=1S/C25H39N5O3/c1-18(2)23-26-27-24(33-23)20-15-25(8-12-29(13-9-25)21(31)14-19-6-7-19)17-30(20)16-22(32)28-10-4-3-5-11-28/h18-20H,3-17H2,1-2H3. The van der Waals surface area contributed by atoms with E-state index in [2.05, 4.69) is 33.8 Å². The Morgan fingerprint density at radius 3 is 2.33 bits per heavy atom. The van der Waals surface area contributed by atoms with Crippen molar-refractivity contribution in [2.24, 2.45) is 11.3 Å². The second kappa shape index (κ2) is 9.35. The maximum atomic E-state index is 13.1. The Morgan fingerprint density at radius 2 is 1.70 bits per heavy atom. The van der Waals surface area contributed by atoms with Gasteiger partial charge in [0.05, 0.1) is 12.6 Å². The minimum Gasteiger partial charge on any atom is -0.423 e. The van der Waals surface area contributed by atoms with Crippen LogP contribution in [0.5, 0.6) is 0 Å². The number of piperidine rings is 2. The highest BCUT2D eigenvalue weighted by molar-refractivity contribution is 5.78. The van der Waals surface area contributed by atoms with Crippen molar-refractivity contribution in [2.75, 3.05) is 39.3 Å². The molecule has 3 saturated heterocycles. The number of rotatable bonds is 6. The van der Waals surface area contributed by atoms with Crippen LogP contribution in [0.3, 0.4) is 0 Å². The van der Waals surface area contributed by atoms with Gasteiger partial charge in [0.1, 0.15) is 0 Å². The first-order valence-corrected chi connectivity index (χ1v) is 13.1. The highest BCUT2D eigenvalue weighted by Gasteiger charge is 2.49. The summed E-state index contributed by atoms with van der Waals surface area (Å²) in [7, 11) is 0. The molecule has 4 heterocycles. The summed E-state index contributed by atoms with van der Waals surface area (Å²) in [5.74, 6) is 2.68. The van der Waals surface area contributed by atoms with Crippen LogP contribution in [0.25, 0.3) is 0 Å². The number of hydrogen-bond donors (Lipinski definition) is 0. The molecule has 0 bridgehead atoms. The Morgan fingerprint density at radius 1 is 1.00 bits per heavy atom. The Kier molecular flexibility index (Phi) is 6.47. The summed E-state index contributed by atoms with van der Waals surface area (Å²) < 4.78 is 6.08. The summed E-state index contributed by atoms with van der Waals surface area (Å²) in [6.07, 6.45) is 9.48. The van der Waals surface area contributed by atoms with Gasteiger partial charge in [-0.15, -0.1) is 10.2 Å². The molecule has 0 N–H and O–H groups in total. The smallest absolute Gasteiger partial charge is 0.236 e. The molecule has 5 rings (SSSR count). The second-order valence-electron chi connectivity index (χ2n) is 11.2. The predicted molar refractivity (Wildman–Crippen MR) is 123 cm³/mol. The maximum absolute atomic E-state index is 13.1. The van der Waals surface area contributed by atoms with Gasteiger partial charge in [-0.25, -0.2) is 0 Å². The van der Waals surface area contributed by atoms with Crippen LogP contribution >= 0.6 is 0 Å². The van der Waals surface area contributed by atoms with E-state index in [4.69, 9.17) is 4.42 Å². The maximum Gasteiger partial charge on any atom is 0.236 e. The van der Waals surface area contributed by atoms with E-state index < -0.39 is 0 Å². The lowest BCUT2D eigenvalue weighted by atomic mass is 9.76. The van der Waals surface area contributed by atoms with E-state index in [1.165, 1.54) is 19.3 Å². The van der Waals surface area contributed by atoms with Crippen molar-refractivity contribution in [1.82, 2.24) is 24.9 Å². The zero-order valence-electron chi connectivity index (χ0n) is 20.3. The van der Waals surface area contributed by atoms with E-state index >= 15 is 0 Å². The molecule has 1 unspecified atom stereocenters. The van der Waals surface area contributed by atoms with Crippen LogP contribution in [0.4, 0.5) is 0 Å². The summed E-state index contributed by atoms with van der Waals surface area (Å²) in [6, 6.07) is -0.0209. The van der Waals surface area contributed by atoms with Gasteiger partial charge in [0.15, 0.2) is 0 Å². The number of aromatic nitrogens is 2. The molecule has 0 aromatic carbocycles. The molecule has 8 heteroatoms. The van der Waals surface area contributed by atoms with Gasteiger partial charge in [-0.2, -0.15) is 0 Å². The fourth-order valence-corrected chi connectivity index (χ4v) is 5.88. The van der Waals surface area contributed by atoms with E-state index in [1.807, 2.05) is 4.90 Å². The third kappa shape index (κ3) is 5.10. The molecule has 1 aromatic rings. The summed E-state index contributed by atoms with van der Waals surface area (Å²) in [6.45, 7) is 8.79. The molecule has 4 fully saturated rings. The van der Waals surface area contributed by atoms with E-state index in [1.54, 1.807) is 0 Å². The molecule has 1 atom stereocenters. The monoisotopic (exact) mass is 457 g/mol. The van der Waals surface area contributed by atoms with E-state index in [9.17, 15) is 9.59 Å². The summed E-state index contributed by atoms with van der Waals surface area (Å²) in [5.41, 5.74) is 0.107. The quantitative estimate of drug-likeness (QED) is 0.651. The lowest BCUT2D eigenvalue weighted by molar-refractivity contribution is -0.133. The van der Waals surface area contributed by atoms with Gasteiger partial charge in [0, 0.05) is 45.1 Å². The van der Waals surface area contributed by atoms with Crippen LogP contribution < -0.4 is 0 Å². The minimum absolute atomic E-state index is 0.0209. The molecule has 1 aliphatic carbocycles. The first-order chi connectivity index (χ1) is 15.9. The number of carbonyl (C=O) groups is 2. The Balaban J connectivity index is 1.28. The number of nitrogens with zero attached hydrogens (tertiary/aromatic N) is 5. The Bertz CT molecular complexity index is 850. The highest BCUT2D eigenvalue weighted by Crippen LogP contribution is 2.49. The third-order valence-corrected chi connectivity index (χ3v) is 8.23. The van der Waals surface area contributed by atoms with Crippen LogP contribution in [-0.4, -0.2) is 76.0 Å². The average Bonchev–Trinajstić information content (AvgIpc) is 3.36. The Hall–Kier alpha value is -1.96. The number of amides is 2. The normalized spacial score (nSPS) is 25.8. The zero-order valence-corrected chi connectivity index (χ0v) is 20.3. The molecule has 1 aromatic heterocycles. The molecule has 1 spiro atoms. The number of likely N-dealkylation sites (tertiary alicyclic amines) is 3. The molecule has 8 nitrogen and oxygen atoms in total. The van der Waals surface area contributed by atoms with Gasteiger partial charge in [-0.1, -0.05) is 13.8 Å². The van der Waals surface area contributed by atoms with Crippen molar-refractivity contribution in [3.63, 3.8) is 0 Å². The fourth-order valence-electron chi connectivity index (χ4n) is 5.88. The largest absolute Gasteiger partial charge is 0.423 e. The van der Waals surface area contributed by atoms with E-state index in [0.29, 0.717) is 30.2 Å². The predicted octanol–water partition coefficient (Wildman–Crippen LogP) is 3.36. The molecule has 3 aliphatic heterocycles. The van der Waals surface area contributed by atoms with E-state index in [-0.39, 0.29) is 23.3 Å². The SMILES string of the molecule is CC(C)c1nnc(C2CC3(CCN(C(=O)CC4CC4)CC3)CN2CC(=O)N2CCCCC2)o1. The average molecular weight is 458 g/mol. The molecular weight excluding hydrogens is 418 g/mol. The van der Waals surface area contributed by atoms with E-state index in [0.717, 1.165) is 71.2 Å². The first kappa shape index (κ1) is 22.8. The zero-order chi connectivity index (χ0) is 23.0. The van der Waals surface area contributed by atoms with Crippen molar-refractivity contribution in [2.45, 2.75) is 83.6 Å². The van der Waals surface area contributed by atoms with Crippen molar-refractivity contribution in [3.05, 3.63) is 11.8 Å². The van der Waals surface area contributed by atoms with Crippen molar-refractivity contribution in [1.29, 1.82) is 0 Å². The molecule has 1 saturated carbocycles. The van der Waals surface area contributed by atoms with Gasteiger partial charge in [0.2, 0.25) is 23.6 Å². The minimum atomic E-state index is -0.0209. The molecule has 182 valence electrons. The second-order valence-corrected chi connectivity index (χ2v) is 11.2. The highest BCUT2D eigenvalue weighted by atomic mass is 16.4. The van der Waals surface area contributed by atoms with Crippen LogP contribution in [0, 0.1) is 11.3 Å². The summed E-state index contributed by atoms with van der Waals surface area (Å²) in [5, 5.41) is 8.68. The molecule has 33 heavy (non-hydrogen) atoms. The fraction of sp³-hybridized carbons (Fsp3) is 0.840. The van der Waals surface area contributed by atoms with Gasteiger partial charge in [-0.05, 0) is 62.7 Å². The van der Waals surface area contributed by atoms with Crippen molar-refractivity contribution in [3.8, 4) is 0 Å². The summed E-state index contributed by atoms with van der Waals surface area (Å²) in [4.78, 5) is 32.1. The molecular formula is C25H39N5O3.